The molecule has 0 aliphatic rings. The predicted molar refractivity (Wildman–Crippen MR) is 73.4 cm³/mol. The fourth-order valence-electron chi connectivity index (χ4n) is 1.46. The summed E-state index contributed by atoms with van der Waals surface area (Å²) in [5.74, 6) is 0.123. The Hall–Kier alpha value is -2.44. The first-order chi connectivity index (χ1) is 9.56. The van der Waals surface area contributed by atoms with Crippen molar-refractivity contribution >= 4 is 17.7 Å². The number of rotatable bonds is 7. The first kappa shape index (κ1) is 15.6. The van der Waals surface area contributed by atoms with Crippen molar-refractivity contribution in [1.82, 2.24) is 5.32 Å². The zero-order chi connectivity index (χ0) is 15.0. The molecule has 0 aliphatic heterocycles. The number of ether oxygens (including phenoxy) is 2. The minimum Gasteiger partial charge on any atom is -0.497 e. The van der Waals surface area contributed by atoms with Crippen molar-refractivity contribution in [2.75, 3.05) is 25.6 Å². The van der Waals surface area contributed by atoms with Gasteiger partial charge < -0.3 is 25.2 Å². The molecular formula is C13H18N2O5. The number of carbonyl (C=O) groups excluding carboxylic acids is 1. The lowest BCUT2D eigenvalue weighted by molar-refractivity contribution is -0.136. The first-order valence-electron chi connectivity index (χ1n) is 6.14. The van der Waals surface area contributed by atoms with E-state index in [0.717, 1.165) is 0 Å². The van der Waals surface area contributed by atoms with E-state index in [1.807, 2.05) is 6.92 Å². The Morgan fingerprint density at radius 1 is 1.35 bits per heavy atom. The lowest BCUT2D eigenvalue weighted by Crippen LogP contribution is -2.30. The number of anilines is 1. The molecule has 0 bridgehead atoms. The van der Waals surface area contributed by atoms with Gasteiger partial charge in [-0.2, -0.15) is 0 Å². The number of nitrogens with one attached hydrogen (secondary N) is 2. The summed E-state index contributed by atoms with van der Waals surface area (Å²) in [7, 11) is 1.52. The van der Waals surface area contributed by atoms with E-state index < -0.39 is 12.0 Å². The van der Waals surface area contributed by atoms with Crippen LogP contribution in [0.1, 0.15) is 13.3 Å². The molecule has 1 aromatic carbocycles. The highest BCUT2D eigenvalue weighted by Gasteiger charge is 2.09. The molecule has 0 spiro atoms. The van der Waals surface area contributed by atoms with Gasteiger partial charge >= 0.3 is 12.0 Å². The maximum absolute atomic E-state index is 11.6. The molecule has 0 saturated heterocycles. The number of urea groups is 1. The van der Waals surface area contributed by atoms with Crippen molar-refractivity contribution in [3.8, 4) is 11.5 Å². The van der Waals surface area contributed by atoms with E-state index in [-0.39, 0.29) is 13.0 Å². The summed E-state index contributed by atoms with van der Waals surface area (Å²) < 4.78 is 10.5. The zero-order valence-electron chi connectivity index (χ0n) is 11.4. The Labute approximate surface area is 116 Å². The molecule has 0 aromatic heterocycles. The molecule has 0 fully saturated rings. The molecule has 20 heavy (non-hydrogen) atoms. The van der Waals surface area contributed by atoms with Gasteiger partial charge in [0.1, 0.15) is 11.5 Å². The molecular weight excluding hydrogens is 264 g/mol. The van der Waals surface area contributed by atoms with E-state index in [4.69, 9.17) is 14.6 Å². The Kier molecular flexibility index (Phi) is 6.15. The van der Waals surface area contributed by atoms with E-state index in [1.54, 1.807) is 18.2 Å². The fourth-order valence-corrected chi connectivity index (χ4v) is 1.46. The lowest BCUT2D eigenvalue weighted by Gasteiger charge is -2.13. The van der Waals surface area contributed by atoms with Gasteiger partial charge in [0.2, 0.25) is 0 Å². The summed E-state index contributed by atoms with van der Waals surface area (Å²) in [5.41, 5.74) is 0.457. The number of hydrogen-bond acceptors (Lipinski definition) is 4. The molecule has 0 unspecified atom stereocenters. The van der Waals surface area contributed by atoms with Crippen LogP contribution < -0.4 is 20.1 Å². The minimum atomic E-state index is -0.971. The second kappa shape index (κ2) is 7.88. The normalized spacial score (nSPS) is 9.70. The number of carboxylic acids is 1. The van der Waals surface area contributed by atoms with Gasteiger partial charge in [0.25, 0.3) is 0 Å². The number of carbonyl (C=O) groups is 2. The Bertz CT molecular complexity index is 476. The van der Waals surface area contributed by atoms with Crippen LogP contribution >= 0.6 is 0 Å². The largest absolute Gasteiger partial charge is 0.497 e. The molecule has 0 saturated carbocycles. The smallest absolute Gasteiger partial charge is 0.319 e. The van der Waals surface area contributed by atoms with Crippen molar-refractivity contribution in [2.45, 2.75) is 13.3 Å². The number of benzene rings is 1. The van der Waals surface area contributed by atoms with Crippen molar-refractivity contribution in [2.24, 2.45) is 0 Å². The average molecular weight is 282 g/mol. The Morgan fingerprint density at radius 2 is 2.10 bits per heavy atom. The summed E-state index contributed by atoms with van der Waals surface area (Å²) in [6, 6.07) is 4.54. The van der Waals surface area contributed by atoms with Gasteiger partial charge in [0, 0.05) is 12.6 Å². The van der Waals surface area contributed by atoms with Gasteiger partial charge in [-0.1, -0.05) is 0 Å². The molecule has 7 heteroatoms. The van der Waals surface area contributed by atoms with Gasteiger partial charge in [-0.25, -0.2) is 4.79 Å². The minimum absolute atomic E-state index is 0.0507. The van der Waals surface area contributed by atoms with Crippen LogP contribution in [0.2, 0.25) is 0 Å². The maximum Gasteiger partial charge on any atom is 0.319 e. The molecule has 3 N–H and O–H groups in total. The van der Waals surface area contributed by atoms with Crippen molar-refractivity contribution in [3.05, 3.63) is 18.2 Å². The van der Waals surface area contributed by atoms with Gasteiger partial charge in [-0.3, -0.25) is 4.79 Å². The van der Waals surface area contributed by atoms with Gasteiger partial charge in [0.15, 0.2) is 0 Å². The summed E-state index contributed by atoms with van der Waals surface area (Å²) in [6.45, 7) is 2.34. The Balaban J connectivity index is 2.68. The number of hydrogen-bond donors (Lipinski definition) is 3. The van der Waals surface area contributed by atoms with Crippen LogP contribution in [0.15, 0.2) is 18.2 Å². The quantitative estimate of drug-likeness (QED) is 0.707. The van der Waals surface area contributed by atoms with Crippen molar-refractivity contribution in [1.29, 1.82) is 0 Å². The molecule has 110 valence electrons. The van der Waals surface area contributed by atoms with Crippen LogP contribution in [0, 0.1) is 0 Å². The molecule has 0 heterocycles. The maximum atomic E-state index is 11.6. The van der Waals surface area contributed by atoms with Crippen LogP contribution in [0.4, 0.5) is 10.5 Å². The third-order valence-electron chi connectivity index (χ3n) is 2.36. The molecule has 0 atom stereocenters. The standard InChI is InChI=1S/C13H18N2O5/c1-3-20-11-5-4-9(19-2)8-10(11)15-13(18)14-7-6-12(16)17/h4-5,8H,3,6-7H2,1-2H3,(H,16,17)(H2,14,15,18). The predicted octanol–water partition coefficient (Wildman–Crippen LogP) is 1.69. The summed E-state index contributed by atoms with van der Waals surface area (Å²) in [4.78, 5) is 22.0. The van der Waals surface area contributed by atoms with Crippen molar-refractivity contribution < 1.29 is 24.2 Å². The molecule has 0 aliphatic carbocycles. The Morgan fingerprint density at radius 3 is 2.70 bits per heavy atom. The monoisotopic (exact) mass is 282 g/mol. The second-order valence-electron chi connectivity index (χ2n) is 3.82. The number of amides is 2. The van der Waals surface area contributed by atoms with E-state index >= 15 is 0 Å². The van der Waals surface area contributed by atoms with Crippen LogP contribution in [-0.2, 0) is 4.79 Å². The number of methoxy groups -OCH3 is 1. The lowest BCUT2D eigenvalue weighted by atomic mass is 10.2. The van der Waals surface area contributed by atoms with Crippen LogP contribution in [0.5, 0.6) is 11.5 Å². The SMILES string of the molecule is CCOc1ccc(OC)cc1NC(=O)NCCC(=O)O. The van der Waals surface area contributed by atoms with E-state index in [2.05, 4.69) is 10.6 Å². The van der Waals surface area contributed by atoms with Crippen LogP contribution in [-0.4, -0.2) is 37.4 Å². The topological polar surface area (TPSA) is 96.9 Å². The van der Waals surface area contributed by atoms with Gasteiger partial charge in [-0.05, 0) is 19.1 Å². The van der Waals surface area contributed by atoms with E-state index in [1.165, 1.54) is 7.11 Å². The average Bonchev–Trinajstić information content (AvgIpc) is 2.40. The summed E-state index contributed by atoms with van der Waals surface area (Å²) in [5, 5.41) is 13.5. The number of aliphatic carboxylic acids is 1. The molecule has 2 amide bonds. The molecule has 1 rings (SSSR count). The number of carboxylic acid groups (broad SMARTS) is 1. The second-order valence-corrected chi connectivity index (χ2v) is 3.82. The van der Waals surface area contributed by atoms with Gasteiger partial charge in [-0.15, -0.1) is 0 Å². The highest BCUT2D eigenvalue weighted by atomic mass is 16.5. The van der Waals surface area contributed by atoms with Crippen molar-refractivity contribution in [3.63, 3.8) is 0 Å². The summed E-state index contributed by atoms with van der Waals surface area (Å²) in [6.07, 6.45) is -0.135. The molecule has 1 aromatic rings. The fraction of sp³-hybridized carbons (Fsp3) is 0.385. The van der Waals surface area contributed by atoms with Crippen LogP contribution in [0.3, 0.4) is 0 Å². The molecule has 7 nitrogen and oxygen atoms in total. The summed E-state index contributed by atoms with van der Waals surface area (Å²) >= 11 is 0. The zero-order valence-corrected chi connectivity index (χ0v) is 11.4. The van der Waals surface area contributed by atoms with E-state index in [9.17, 15) is 9.59 Å². The van der Waals surface area contributed by atoms with E-state index in [0.29, 0.717) is 23.8 Å². The highest BCUT2D eigenvalue weighted by molar-refractivity contribution is 5.91. The molecule has 0 radical (unpaired) electrons. The van der Waals surface area contributed by atoms with Gasteiger partial charge in [0.05, 0.1) is 25.8 Å². The van der Waals surface area contributed by atoms with Crippen LogP contribution in [0.25, 0.3) is 0 Å². The highest BCUT2D eigenvalue weighted by Crippen LogP contribution is 2.29. The third kappa shape index (κ3) is 5.05. The first-order valence-corrected chi connectivity index (χ1v) is 6.14. The third-order valence-corrected chi connectivity index (χ3v) is 2.36.